The molecule has 0 fully saturated rings. The summed E-state index contributed by atoms with van der Waals surface area (Å²) in [5.41, 5.74) is 17.1. The number of benzene rings is 8. The van der Waals surface area contributed by atoms with Gasteiger partial charge in [-0.2, -0.15) is 0 Å². The summed E-state index contributed by atoms with van der Waals surface area (Å²) in [5.74, 6) is 0. The minimum absolute atomic E-state index is 0.556. The van der Waals surface area contributed by atoms with Crippen LogP contribution in [0.2, 0.25) is 0 Å². The molecule has 1 aliphatic rings. The molecule has 2 nitrogen and oxygen atoms in total. The first kappa shape index (κ1) is 33.3. The van der Waals surface area contributed by atoms with E-state index in [2.05, 4.69) is 222 Å². The SMILES string of the molecule is c1ccc(-c2ccc(N(c3ccc(-c4ccccn4)cc3)c3cccc4c3-c3ccc(-c5ccccc5)cc3C4(c3ccccc3)c3ccccc3)cc2)cc1. The Balaban J connectivity index is 1.24. The number of nitrogens with zero attached hydrogens (tertiary/aromatic N) is 2. The van der Waals surface area contributed by atoms with Crippen molar-refractivity contribution in [3.63, 3.8) is 0 Å². The van der Waals surface area contributed by atoms with Gasteiger partial charge in [-0.1, -0.05) is 176 Å². The first-order chi connectivity index (χ1) is 27.8. The minimum Gasteiger partial charge on any atom is -0.310 e. The molecule has 0 spiro atoms. The van der Waals surface area contributed by atoms with Crippen molar-refractivity contribution in [1.82, 2.24) is 4.98 Å². The van der Waals surface area contributed by atoms with E-state index in [4.69, 9.17) is 0 Å². The van der Waals surface area contributed by atoms with E-state index >= 15 is 0 Å². The van der Waals surface area contributed by atoms with E-state index in [0.29, 0.717) is 0 Å². The highest BCUT2D eigenvalue weighted by Crippen LogP contribution is 2.60. The zero-order valence-electron chi connectivity index (χ0n) is 30.8. The molecule has 9 aromatic rings. The number of aromatic nitrogens is 1. The third-order valence-corrected chi connectivity index (χ3v) is 11.2. The van der Waals surface area contributed by atoms with Crippen molar-refractivity contribution in [2.75, 3.05) is 4.90 Å². The van der Waals surface area contributed by atoms with Crippen LogP contribution in [0.4, 0.5) is 17.1 Å². The van der Waals surface area contributed by atoms with Gasteiger partial charge in [0.2, 0.25) is 0 Å². The maximum atomic E-state index is 4.64. The van der Waals surface area contributed by atoms with Crippen molar-refractivity contribution in [3.05, 3.63) is 253 Å². The van der Waals surface area contributed by atoms with Gasteiger partial charge in [0.15, 0.2) is 0 Å². The van der Waals surface area contributed by atoms with Crippen molar-refractivity contribution in [1.29, 1.82) is 0 Å². The van der Waals surface area contributed by atoms with Crippen molar-refractivity contribution in [3.8, 4) is 44.6 Å². The van der Waals surface area contributed by atoms with Crippen LogP contribution in [0.3, 0.4) is 0 Å². The van der Waals surface area contributed by atoms with Gasteiger partial charge in [0.05, 0.1) is 16.8 Å². The van der Waals surface area contributed by atoms with Gasteiger partial charge in [-0.25, -0.2) is 0 Å². The molecule has 10 rings (SSSR count). The lowest BCUT2D eigenvalue weighted by atomic mass is 9.67. The Bertz CT molecular complexity index is 2620. The Hall–Kier alpha value is -7.29. The maximum absolute atomic E-state index is 4.64. The van der Waals surface area contributed by atoms with E-state index < -0.39 is 5.41 Å². The van der Waals surface area contributed by atoms with Crippen LogP contribution in [-0.2, 0) is 5.41 Å². The van der Waals surface area contributed by atoms with Gasteiger partial charge in [0.1, 0.15) is 0 Å². The number of pyridine rings is 1. The topological polar surface area (TPSA) is 16.1 Å². The molecule has 0 N–H and O–H groups in total. The smallest absolute Gasteiger partial charge is 0.0714 e. The quantitative estimate of drug-likeness (QED) is 0.156. The average Bonchev–Trinajstić information content (AvgIpc) is 3.59. The highest BCUT2D eigenvalue weighted by Gasteiger charge is 2.47. The molecule has 0 amide bonds. The second kappa shape index (κ2) is 14.2. The zero-order chi connectivity index (χ0) is 37.3. The predicted octanol–water partition coefficient (Wildman–Crippen LogP) is 13.9. The van der Waals surface area contributed by atoms with Crippen LogP contribution in [0.25, 0.3) is 44.6 Å². The van der Waals surface area contributed by atoms with Gasteiger partial charge in [0.25, 0.3) is 0 Å². The van der Waals surface area contributed by atoms with Crippen LogP contribution >= 0.6 is 0 Å². The predicted molar refractivity (Wildman–Crippen MR) is 233 cm³/mol. The van der Waals surface area contributed by atoms with Gasteiger partial charge in [-0.3, -0.25) is 4.98 Å². The standard InChI is InChI=1S/C54H38N2/c1-5-16-39(17-6-1)41-27-32-46(33-28-41)56(47-34-29-42(30-35-47)51-25-13-14-37-55-51)52-26-15-24-49-53(52)48-36-31-43(40-18-7-2-8-19-40)38-50(48)54(49,44-20-9-3-10-21-44)45-22-11-4-12-23-45/h1-38H. The lowest BCUT2D eigenvalue weighted by molar-refractivity contribution is 0.769. The molecule has 2 heteroatoms. The van der Waals surface area contributed by atoms with E-state index in [0.717, 1.165) is 28.3 Å². The number of anilines is 3. The molecule has 264 valence electrons. The molecule has 0 saturated heterocycles. The molecular formula is C54H38N2. The summed E-state index contributed by atoms with van der Waals surface area (Å²) >= 11 is 0. The summed E-state index contributed by atoms with van der Waals surface area (Å²) in [5, 5.41) is 0. The first-order valence-corrected chi connectivity index (χ1v) is 19.2. The molecule has 0 atom stereocenters. The second-order valence-corrected chi connectivity index (χ2v) is 14.3. The number of hydrogen-bond donors (Lipinski definition) is 0. The van der Waals surface area contributed by atoms with E-state index in [9.17, 15) is 0 Å². The van der Waals surface area contributed by atoms with Crippen LogP contribution in [0.15, 0.2) is 231 Å². The zero-order valence-corrected chi connectivity index (χ0v) is 30.8. The summed E-state index contributed by atoms with van der Waals surface area (Å²) in [6.07, 6.45) is 1.85. The van der Waals surface area contributed by atoms with Crippen molar-refractivity contribution >= 4 is 17.1 Å². The average molecular weight is 715 g/mol. The van der Waals surface area contributed by atoms with Crippen LogP contribution in [0.1, 0.15) is 22.3 Å². The van der Waals surface area contributed by atoms with E-state index in [-0.39, 0.29) is 0 Å². The Morgan fingerprint density at radius 1 is 0.357 bits per heavy atom. The van der Waals surface area contributed by atoms with E-state index in [1.165, 1.54) is 55.6 Å². The molecular weight excluding hydrogens is 677 g/mol. The molecule has 0 unspecified atom stereocenters. The highest BCUT2D eigenvalue weighted by molar-refractivity contribution is 5.98. The highest BCUT2D eigenvalue weighted by atomic mass is 15.1. The summed E-state index contributed by atoms with van der Waals surface area (Å²) < 4.78 is 0. The van der Waals surface area contributed by atoms with Crippen LogP contribution in [0.5, 0.6) is 0 Å². The van der Waals surface area contributed by atoms with Crippen LogP contribution in [-0.4, -0.2) is 4.98 Å². The first-order valence-electron chi connectivity index (χ1n) is 19.2. The summed E-state index contributed by atoms with van der Waals surface area (Å²) in [6, 6.07) is 81.3. The van der Waals surface area contributed by atoms with Gasteiger partial charge in [0, 0.05) is 28.7 Å². The number of hydrogen-bond acceptors (Lipinski definition) is 2. The van der Waals surface area contributed by atoms with Crippen molar-refractivity contribution < 1.29 is 0 Å². The van der Waals surface area contributed by atoms with Gasteiger partial charge in [-0.15, -0.1) is 0 Å². The molecule has 56 heavy (non-hydrogen) atoms. The normalized spacial score (nSPS) is 12.4. The van der Waals surface area contributed by atoms with E-state index in [1.807, 2.05) is 18.3 Å². The number of fused-ring (bicyclic) bond motifs is 3. The number of rotatable bonds is 8. The summed E-state index contributed by atoms with van der Waals surface area (Å²) in [7, 11) is 0. The van der Waals surface area contributed by atoms with Crippen LogP contribution in [0, 0.1) is 0 Å². The fourth-order valence-corrected chi connectivity index (χ4v) is 8.69. The summed E-state index contributed by atoms with van der Waals surface area (Å²) in [4.78, 5) is 7.07. The Kier molecular flexibility index (Phi) is 8.42. The second-order valence-electron chi connectivity index (χ2n) is 14.3. The molecule has 0 saturated carbocycles. The monoisotopic (exact) mass is 714 g/mol. The minimum atomic E-state index is -0.556. The molecule has 0 bridgehead atoms. The molecule has 0 radical (unpaired) electrons. The fraction of sp³-hybridized carbons (Fsp3) is 0.0185. The lowest BCUT2D eigenvalue weighted by Gasteiger charge is -2.34. The van der Waals surface area contributed by atoms with E-state index in [1.54, 1.807) is 0 Å². The van der Waals surface area contributed by atoms with Crippen molar-refractivity contribution in [2.24, 2.45) is 0 Å². The molecule has 1 aliphatic carbocycles. The van der Waals surface area contributed by atoms with Gasteiger partial charge >= 0.3 is 0 Å². The van der Waals surface area contributed by atoms with Gasteiger partial charge < -0.3 is 4.90 Å². The third-order valence-electron chi connectivity index (χ3n) is 11.2. The lowest BCUT2D eigenvalue weighted by Crippen LogP contribution is -2.28. The molecule has 0 aliphatic heterocycles. The third kappa shape index (κ3) is 5.63. The largest absolute Gasteiger partial charge is 0.310 e. The molecule has 8 aromatic carbocycles. The summed E-state index contributed by atoms with van der Waals surface area (Å²) in [6.45, 7) is 0. The Morgan fingerprint density at radius 2 is 0.857 bits per heavy atom. The Labute approximate surface area is 328 Å². The fourth-order valence-electron chi connectivity index (χ4n) is 8.69. The van der Waals surface area contributed by atoms with Gasteiger partial charge in [-0.05, 0) is 98.6 Å². The Morgan fingerprint density at radius 3 is 1.43 bits per heavy atom. The molecule has 1 heterocycles. The molecule has 1 aromatic heterocycles. The maximum Gasteiger partial charge on any atom is 0.0714 e. The van der Waals surface area contributed by atoms with Crippen molar-refractivity contribution in [2.45, 2.75) is 5.41 Å². The van der Waals surface area contributed by atoms with Crippen LogP contribution < -0.4 is 4.90 Å².